The minimum Gasteiger partial charge on any atom is -0.494 e. The van der Waals surface area contributed by atoms with E-state index >= 15 is 0 Å². The van der Waals surface area contributed by atoms with E-state index < -0.39 is 10.0 Å². The third kappa shape index (κ3) is 5.07. The van der Waals surface area contributed by atoms with Crippen LogP contribution in [0.1, 0.15) is 33.5 Å². The fourth-order valence-corrected chi connectivity index (χ4v) is 4.52. The van der Waals surface area contributed by atoms with Crippen molar-refractivity contribution in [3.05, 3.63) is 82.0 Å². The predicted octanol–water partition coefficient (Wildman–Crippen LogP) is 4.25. The number of carbonyl (C=O) groups is 1. The Labute approximate surface area is 169 Å². The lowest BCUT2D eigenvalue weighted by Crippen LogP contribution is -2.22. The number of sulfonamides is 1. The number of hydrogen-bond acceptors (Lipinski definition) is 5. The second kappa shape index (κ2) is 9.14. The normalized spacial score (nSPS) is 11.3. The number of benzene rings is 2. The molecule has 1 aromatic heterocycles. The molecule has 1 heterocycles. The molecule has 3 rings (SSSR count). The van der Waals surface area contributed by atoms with Crippen molar-refractivity contribution in [2.75, 3.05) is 6.61 Å². The number of carbonyl (C=O) groups excluding carboxylic acids is 1. The van der Waals surface area contributed by atoms with E-state index in [-0.39, 0.29) is 17.2 Å². The highest BCUT2D eigenvalue weighted by Gasteiger charge is 2.16. The highest BCUT2D eigenvalue weighted by molar-refractivity contribution is 7.89. The van der Waals surface area contributed by atoms with Crippen molar-refractivity contribution >= 4 is 27.1 Å². The second-order valence-corrected chi connectivity index (χ2v) is 9.04. The first-order valence-electron chi connectivity index (χ1n) is 8.90. The summed E-state index contributed by atoms with van der Waals surface area (Å²) < 4.78 is 33.0. The number of thiophene rings is 1. The van der Waals surface area contributed by atoms with Crippen LogP contribution in [0.25, 0.3) is 0 Å². The largest absolute Gasteiger partial charge is 0.494 e. The molecule has 28 heavy (non-hydrogen) atoms. The first-order chi connectivity index (χ1) is 13.5. The van der Waals surface area contributed by atoms with E-state index in [1.165, 1.54) is 23.5 Å². The van der Waals surface area contributed by atoms with Gasteiger partial charge in [0.2, 0.25) is 15.8 Å². The minimum absolute atomic E-state index is 0.0672. The lowest BCUT2D eigenvalue weighted by molar-refractivity contribution is 0.104. The maximum atomic E-state index is 12.5. The summed E-state index contributed by atoms with van der Waals surface area (Å²) in [6.45, 7) is 2.72. The van der Waals surface area contributed by atoms with Crippen molar-refractivity contribution in [2.24, 2.45) is 0 Å². The Balaban J connectivity index is 1.63. The zero-order valence-electron chi connectivity index (χ0n) is 15.4. The van der Waals surface area contributed by atoms with E-state index in [9.17, 15) is 13.2 Å². The van der Waals surface area contributed by atoms with Crippen LogP contribution in [0.2, 0.25) is 0 Å². The number of nitrogens with one attached hydrogen (secondary N) is 1. The molecule has 0 atom stereocenters. The molecule has 0 aliphatic heterocycles. The van der Waals surface area contributed by atoms with Crippen molar-refractivity contribution in [1.82, 2.24) is 4.72 Å². The number of hydrogen-bond donors (Lipinski definition) is 1. The molecule has 0 aliphatic carbocycles. The SMILES string of the molecule is CCCOc1ccc(S(=O)(=O)NCc2ccc(C(=O)c3ccccc3)s2)cc1. The summed E-state index contributed by atoms with van der Waals surface area (Å²) in [7, 11) is -3.64. The maximum Gasteiger partial charge on any atom is 0.240 e. The van der Waals surface area contributed by atoms with Gasteiger partial charge >= 0.3 is 0 Å². The van der Waals surface area contributed by atoms with Gasteiger partial charge in [0.25, 0.3) is 0 Å². The maximum absolute atomic E-state index is 12.5. The Hall–Kier alpha value is -2.48. The van der Waals surface area contributed by atoms with Crippen molar-refractivity contribution in [2.45, 2.75) is 24.8 Å². The standard InChI is InChI=1S/C21H21NO4S2/c1-2-14-26-17-8-11-19(12-9-17)28(24,25)22-15-18-10-13-20(27-18)21(23)16-6-4-3-5-7-16/h3-13,22H,2,14-15H2,1H3. The Morgan fingerprint density at radius 3 is 2.39 bits per heavy atom. The molecule has 0 spiro atoms. The Kier molecular flexibility index (Phi) is 6.61. The van der Waals surface area contributed by atoms with Crippen molar-refractivity contribution in [1.29, 1.82) is 0 Å². The molecule has 0 fully saturated rings. The van der Waals surface area contributed by atoms with E-state index in [4.69, 9.17) is 4.74 Å². The first-order valence-corrected chi connectivity index (χ1v) is 11.2. The summed E-state index contributed by atoms with van der Waals surface area (Å²) in [5.41, 5.74) is 0.613. The third-order valence-corrected chi connectivity index (χ3v) is 6.47. The smallest absolute Gasteiger partial charge is 0.240 e. The molecule has 0 unspecified atom stereocenters. The zero-order valence-corrected chi connectivity index (χ0v) is 17.1. The van der Waals surface area contributed by atoms with Gasteiger partial charge < -0.3 is 4.74 Å². The van der Waals surface area contributed by atoms with Crippen LogP contribution in [0.5, 0.6) is 5.75 Å². The topological polar surface area (TPSA) is 72.5 Å². The summed E-state index contributed by atoms with van der Waals surface area (Å²) in [5, 5.41) is 0. The van der Waals surface area contributed by atoms with Gasteiger partial charge in [-0.2, -0.15) is 0 Å². The van der Waals surface area contributed by atoms with Gasteiger partial charge in [0.05, 0.1) is 16.4 Å². The Morgan fingerprint density at radius 2 is 1.71 bits per heavy atom. The van der Waals surface area contributed by atoms with E-state index in [1.54, 1.807) is 36.4 Å². The zero-order chi connectivity index (χ0) is 20.0. The molecule has 7 heteroatoms. The van der Waals surface area contributed by atoms with Crippen molar-refractivity contribution < 1.29 is 17.9 Å². The molecule has 2 aromatic carbocycles. The van der Waals surface area contributed by atoms with Gasteiger partial charge in [-0.3, -0.25) is 4.79 Å². The van der Waals surface area contributed by atoms with Crippen LogP contribution in [-0.4, -0.2) is 20.8 Å². The number of ether oxygens (including phenoxy) is 1. The van der Waals surface area contributed by atoms with E-state index in [0.717, 1.165) is 11.3 Å². The minimum atomic E-state index is -3.64. The van der Waals surface area contributed by atoms with Crippen LogP contribution in [0.3, 0.4) is 0 Å². The lowest BCUT2D eigenvalue weighted by atomic mass is 10.1. The molecule has 0 saturated carbocycles. The van der Waals surface area contributed by atoms with Gasteiger partial charge in [-0.25, -0.2) is 13.1 Å². The van der Waals surface area contributed by atoms with Gasteiger partial charge in [-0.05, 0) is 42.8 Å². The monoisotopic (exact) mass is 415 g/mol. The fraction of sp³-hybridized carbons (Fsp3) is 0.190. The van der Waals surface area contributed by atoms with Crippen LogP contribution in [0.15, 0.2) is 71.6 Å². The molecule has 3 aromatic rings. The highest BCUT2D eigenvalue weighted by Crippen LogP contribution is 2.21. The molecule has 5 nitrogen and oxygen atoms in total. The van der Waals surface area contributed by atoms with Crippen molar-refractivity contribution in [3.8, 4) is 5.75 Å². The van der Waals surface area contributed by atoms with E-state index in [0.29, 0.717) is 22.8 Å². The molecule has 1 N–H and O–H groups in total. The molecule has 0 radical (unpaired) electrons. The van der Waals surface area contributed by atoms with Crippen LogP contribution in [-0.2, 0) is 16.6 Å². The molecule has 0 amide bonds. The van der Waals surface area contributed by atoms with Gasteiger partial charge in [-0.1, -0.05) is 37.3 Å². The van der Waals surface area contributed by atoms with Gasteiger partial charge in [0.1, 0.15) is 5.75 Å². The van der Waals surface area contributed by atoms with Crippen LogP contribution in [0, 0.1) is 0 Å². The fourth-order valence-electron chi connectivity index (χ4n) is 2.51. The van der Waals surface area contributed by atoms with Crippen LogP contribution >= 0.6 is 11.3 Å². The second-order valence-electron chi connectivity index (χ2n) is 6.11. The molecule has 0 bridgehead atoms. The van der Waals surface area contributed by atoms with Crippen LogP contribution in [0.4, 0.5) is 0 Å². The number of rotatable bonds is 9. The third-order valence-electron chi connectivity index (χ3n) is 3.96. The molecular formula is C21H21NO4S2. The molecule has 0 aliphatic rings. The molecule has 146 valence electrons. The van der Waals surface area contributed by atoms with E-state index in [2.05, 4.69) is 4.72 Å². The van der Waals surface area contributed by atoms with Crippen LogP contribution < -0.4 is 9.46 Å². The molecule has 0 saturated heterocycles. The van der Waals surface area contributed by atoms with Crippen molar-refractivity contribution in [3.63, 3.8) is 0 Å². The summed E-state index contributed by atoms with van der Waals surface area (Å²) in [5.74, 6) is 0.575. The highest BCUT2D eigenvalue weighted by atomic mass is 32.2. The molecular weight excluding hydrogens is 394 g/mol. The predicted molar refractivity (Wildman–Crippen MR) is 110 cm³/mol. The average Bonchev–Trinajstić information content (AvgIpc) is 3.20. The Morgan fingerprint density at radius 1 is 1.00 bits per heavy atom. The van der Waals surface area contributed by atoms with Gasteiger partial charge in [0.15, 0.2) is 0 Å². The summed E-state index contributed by atoms with van der Waals surface area (Å²) >= 11 is 1.29. The Bertz CT molecular complexity index is 1030. The lowest BCUT2D eigenvalue weighted by Gasteiger charge is -2.08. The summed E-state index contributed by atoms with van der Waals surface area (Å²) in [6.07, 6.45) is 0.886. The van der Waals surface area contributed by atoms with E-state index in [1.807, 2.05) is 25.1 Å². The average molecular weight is 416 g/mol. The van der Waals surface area contributed by atoms with Gasteiger partial charge in [0, 0.05) is 17.0 Å². The summed E-state index contributed by atoms with van der Waals surface area (Å²) in [4.78, 5) is 14.0. The number of ketones is 1. The quantitative estimate of drug-likeness (QED) is 0.531. The summed E-state index contributed by atoms with van der Waals surface area (Å²) in [6, 6.07) is 18.8. The first kappa shape index (κ1) is 20.3. The van der Waals surface area contributed by atoms with Gasteiger partial charge in [-0.15, -0.1) is 11.3 Å².